The number of fused-ring (bicyclic) bond motifs is 1. The van der Waals surface area contributed by atoms with E-state index in [1.807, 2.05) is 26.0 Å². The van der Waals surface area contributed by atoms with Crippen molar-refractivity contribution in [3.8, 4) is 0 Å². The third-order valence-electron chi connectivity index (χ3n) is 3.54. The van der Waals surface area contributed by atoms with E-state index in [0.717, 1.165) is 33.6 Å². The van der Waals surface area contributed by atoms with Crippen molar-refractivity contribution in [3.63, 3.8) is 0 Å². The topological polar surface area (TPSA) is 75.4 Å². The van der Waals surface area contributed by atoms with E-state index in [1.165, 1.54) is 0 Å². The van der Waals surface area contributed by atoms with Gasteiger partial charge in [-0.25, -0.2) is 4.98 Å². The fraction of sp³-hybridized carbons (Fsp3) is 0.429. The van der Waals surface area contributed by atoms with Crippen molar-refractivity contribution in [3.05, 3.63) is 34.2 Å². The van der Waals surface area contributed by atoms with Gasteiger partial charge in [-0.15, -0.1) is 11.3 Å². The van der Waals surface area contributed by atoms with Crippen molar-refractivity contribution in [1.82, 2.24) is 4.98 Å². The SMILES string of the molecule is Cc1ccc(C(C)Nc2nc3c(s2)CCC3C(=O)O)o1. The van der Waals surface area contributed by atoms with Crippen LogP contribution < -0.4 is 5.32 Å². The molecule has 6 heteroatoms. The van der Waals surface area contributed by atoms with Crippen LogP contribution in [0.5, 0.6) is 0 Å². The van der Waals surface area contributed by atoms with Gasteiger partial charge in [0.15, 0.2) is 5.13 Å². The monoisotopic (exact) mass is 292 g/mol. The highest BCUT2D eigenvalue weighted by molar-refractivity contribution is 7.15. The summed E-state index contributed by atoms with van der Waals surface area (Å²) in [6.07, 6.45) is 1.47. The molecule has 2 N–H and O–H groups in total. The number of aromatic nitrogens is 1. The van der Waals surface area contributed by atoms with Crippen LogP contribution in [0.4, 0.5) is 5.13 Å². The number of aliphatic carboxylic acids is 1. The quantitative estimate of drug-likeness (QED) is 0.904. The van der Waals surface area contributed by atoms with Crippen molar-refractivity contribution < 1.29 is 14.3 Å². The number of nitrogens with one attached hydrogen (secondary N) is 1. The Hall–Kier alpha value is -1.82. The Morgan fingerprint density at radius 1 is 1.60 bits per heavy atom. The lowest BCUT2D eigenvalue weighted by atomic mass is 10.1. The minimum Gasteiger partial charge on any atom is -0.481 e. The zero-order valence-electron chi connectivity index (χ0n) is 11.3. The van der Waals surface area contributed by atoms with Crippen LogP contribution in [0.25, 0.3) is 0 Å². The summed E-state index contributed by atoms with van der Waals surface area (Å²) in [5.74, 6) is 0.502. The first-order chi connectivity index (χ1) is 9.54. The Kier molecular flexibility index (Phi) is 3.25. The molecule has 0 saturated carbocycles. The van der Waals surface area contributed by atoms with Crippen LogP contribution in [-0.4, -0.2) is 16.1 Å². The smallest absolute Gasteiger partial charge is 0.312 e. The standard InChI is InChI=1S/C14H16N2O3S/c1-7-3-5-10(19-7)8(2)15-14-16-12-9(13(17)18)4-6-11(12)20-14/h3,5,8-9H,4,6H2,1-2H3,(H,15,16)(H,17,18). The van der Waals surface area contributed by atoms with E-state index in [1.54, 1.807) is 11.3 Å². The largest absolute Gasteiger partial charge is 0.481 e. The number of carboxylic acids is 1. The molecule has 5 nitrogen and oxygen atoms in total. The van der Waals surface area contributed by atoms with Crippen molar-refractivity contribution in [2.24, 2.45) is 0 Å². The predicted octanol–water partition coefficient (Wildman–Crippen LogP) is 3.33. The van der Waals surface area contributed by atoms with Crippen LogP contribution >= 0.6 is 11.3 Å². The molecule has 2 atom stereocenters. The van der Waals surface area contributed by atoms with Crippen molar-refractivity contribution >= 4 is 22.4 Å². The fourth-order valence-corrected chi connectivity index (χ4v) is 3.60. The highest BCUT2D eigenvalue weighted by Gasteiger charge is 2.32. The molecule has 0 aliphatic heterocycles. The average Bonchev–Trinajstić information content (AvgIpc) is 3.03. The van der Waals surface area contributed by atoms with Gasteiger partial charge in [0.2, 0.25) is 0 Å². The molecule has 0 saturated heterocycles. The molecule has 0 amide bonds. The number of nitrogens with zero attached hydrogens (tertiary/aromatic N) is 1. The predicted molar refractivity (Wildman–Crippen MR) is 76.3 cm³/mol. The molecule has 2 aromatic rings. The molecule has 3 rings (SSSR count). The van der Waals surface area contributed by atoms with E-state index in [-0.39, 0.29) is 6.04 Å². The molecule has 1 aliphatic carbocycles. The summed E-state index contributed by atoms with van der Waals surface area (Å²) in [5.41, 5.74) is 0.729. The van der Waals surface area contributed by atoms with Gasteiger partial charge < -0.3 is 14.8 Å². The van der Waals surface area contributed by atoms with Crippen molar-refractivity contribution in [2.45, 2.75) is 38.6 Å². The van der Waals surface area contributed by atoms with Crippen molar-refractivity contribution in [2.75, 3.05) is 5.32 Å². The summed E-state index contributed by atoms with van der Waals surface area (Å²) >= 11 is 1.55. The van der Waals surface area contributed by atoms with Crippen LogP contribution in [0.3, 0.4) is 0 Å². The summed E-state index contributed by atoms with van der Waals surface area (Å²) < 4.78 is 5.57. The maximum Gasteiger partial charge on any atom is 0.312 e. The second-order valence-corrected chi connectivity index (χ2v) is 6.15. The Labute approximate surface area is 120 Å². The third-order valence-corrected chi connectivity index (χ3v) is 4.61. The van der Waals surface area contributed by atoms with Crippen LogP contribution in [-0.2, 0) is 11.2 Å². The van der Waals surface area contributed by atoms with E-state index in [4.69, 9.17) is 9.52 Å². The minimum atomic E-state index is -0.782. The number of anilines is 1. The number of hydrogen-bond donors (Lipinski definition) is 2. The first-order valence-electron chi connectivity index (χ1n) is 6.60. The lowest BCUT2D eigenvalue weighted by molar-refractivity contribution is -0.138. The summed E-state index contributed by atoms with van der Waals surface area (Å²) in [5, 5.41) is 13.2. The highest BCUT2D eigenvalue weighted by atomic mass is 32.1. The Morgan fingerprint density at radius 3 is 3.05 bits per heavy atom. The second kappa shape index (κ2) is 4.94. The van der Waals surface area contributed by atoms with E-state index in [2.05, 4.69) is 10.3 Å². The van der Waals surface area contributed by atoms with Gasteiger partial charge in [0, 0.05) is 4.88 Å². The summed E-state index contributed by atoms with van der Waals surface area (Å²) in [4.78, 5) is 16.7. The molecule has 106 valence electrons. The number of rotatable bonds is 4. The molecule has 2 aromatic heterocycles. The average molecular weight is 292 g/mol. The number of hydrogen-bond acceptors (Lipinski definition) is 5. The molecular weight excluding hydrogens is 276 g/mol. The van der Waals surface area contributed by atoms with Gasteiger partial charge >= 0.3 is 5.97 Å². The summed E-state index contributed by atoms with van der Waals surface area (Å²) in [6, 6.07) is 3.88. The van der Waals surface area contributed by atoms with E-state index < -0.39 is 11.9 Å². The van der Waals surface area contributed by atoms with Crippen LogP contribution in [0.2, 0.25) is 0 Å². The fourth-order valence-electron chi connectivity index (χ4n) is 2.47. The number of carbonyl (C=O) groups is 1. The molecule has 2 unspecified atom stereocenters. The van der Waals surface area contributed by atoms with Gasteiger partial charge in [-0.05, 0) is 38.8 Å². The molecule has 20 heavy (non-hydrogen) atoms. The lowest BCUT2D eigenvalue weighted by Crippen LogP contribution is -2.09. The van der Waals surface area contributed by atoms with E-state index in [9.17, 15) is 4.79 Å². The molecular formula is C14H16N2O3S. The third kappa shape index (κ3) is 2.31. The number of aryl methyl sites for hydroxylation is 2. The highest BCUT2D eigenvalue weighted by Crippen LogP contribution is 2.39. The molecule has 0 spiro atoms. The lowest BCUT2D eigenvalue weighted by Gasteiger charge is -2.10. The Bertz CT molecular complexity index is 647. The molecule has 0 fully saturated rings. The summed E-state index contributed by atoms with van der Waals surface area (Å²) in [6.45, 7) is 3.91. The van der Waals surface area contributed by atoms with Gasteiger partial charge in [-0.1, -0.05) is 0 Å². The van der Waals surface area contributed by atoms with Gasteiger partial charge in [0.05, 0.1) is 11.7 Å². The van der Waals surface area contributed by atoms with Crippen LogP contribution in [0.15, 0.2) is 16.5 Å². The van der Waals surface area contributed by atoms with Crippen LogP contribution in [0.1, 0.15) is 47.4 Å². The normalized spacial score (nSPS) is 18.8. The van der Waals surface area contributed by atoms with Gasteiger partial charge in [-0.2, -0.15) is 0 Å². The molecule has 2 heterocycles. The Balaban J connectivity index is 1.76. The maximum atomic E-state index is 11.1. The number of thiazole rings is 1. The molecule has 1 aliphatic rings. The first kappa shape index (κ1) is 13.2. The number of carboxylic acid groups (broad SMARTS) is 1. The van der Waals surface area contributed by atoms with E-state index in [0.29, 0.717) is 6.42 Å². The van der Waals surface area contributed by atoms with Gasteiger partial charge in [0.25, 0.3) is 0 Å². The van der Waals surface area contributed by atoms with Crippen molar-refractivity contribution in [1.29, 1.82) is 0 Å². The number of furan rings is 1. The molecule has 0 radical (unpaired) electrons. The van der Waals surface area contributed by atoms with Gasteiger partial charge in [0.1, 0.15) is 17.4 Å². The zero-order chi connectivity index (χ0) is 14.3. The zero-order valence-corrected chi connectivity index (χ0v) is 12.2. The van der Waals surface area contributed by atoms with Gasteiger partial charge in [-0.3, -0.25) is 4.79 Å². The first-order valence-corrected chi connectivity index (χ1v) is 7.41. The van der Waals surface area contributed by atoms with E-state index >= 15 is 0 Å². The summed E-state index contributed by atoms with van der Waals surface area (Å²) in [7, 11) is 0. The molecule has 0 aromatic carbocycles. The van der Waals surface area contributed by atoms with Crippen LogP contribution in [0, 0.1) is 6.92 Å². The molecule has 0 bridgehead atoms. The Morgan fingerprint density at radius 2 is 2.40 bits per heavy atom. The second-order valence-electron chi connectivity index (χ2n) is 5.07. The maximum absolute atomic E-state index is 11.1. The minimum absolute atomic E-state index is 0.0123.